The maximum absolute atomic E-state index is 12.0. The van der Waals surface area contributed by atoms with Crippen molar-refractivity contribution in [3.8, 4) is 0 Å². The Bertz CT molecular complexity index is 341. The molecule has 0 unspecified atom stereocenters. The third-order valence-electron chi connectivity index (χ3n) is 2.69. The van der Waals surface area contributed by atoms with Crippen molar-refractivity contribution in [2.45, 2.75) is 18.9 Å². The van der Waals surface area contributed by atoms with Gasteiger partial charge in [0, 0.05) is 31.5 Å². The first-order chi connectivity index (χ1) is 7.33. The van der Waals surface area contributed by atoms with E-state index in [-0.39, 0.29) is 11.9 Å². The molecule has 1 aliphatic rings. The summed E-state index contributed by atoms with van der Waals surface area (Å²) in [6.07, 6.45) is 6.59. The highest BCUT2D eigenvalue weighted by Gasteiger charge is 2.28. The minimum Gasteiger partial charge on any atom is -0.333 e. The number of aromatic nitrogens is 2. The lowest BCUT2D eigenvalue weighted by atomic mass is 10.2. The molecule has 0 aromatic carbocycles. The van der Waals surface area contributed by atoms with Crippen LogP contribution < -0.4 is 5.73 Å². The van der Waals surface area contributed by atoms with Crippen molar-refractivity contribution < 1.29 is 4.79 Å². The molecule has 1 aromatic rings. The second kappa shape index (κ2) is 4.35. The minimum atomic E-state index is -0.0592. The molecule has 2 N–H and O–H groups in total. The van der Waals surface area contributed by atoms with Crippen LogP contribution in [0.4, 0.5) is 0 Å². The maximum atomic E-state index is 12.0. The largest absolute Gasteiger partial charge is 0.333 e. The van der Waals surface area contributed by atoms with Gasteiger partial charge >= 0.3 is 0 Å². The van der Waals surface area contributed by atoms with Crippen molar-refractivity contribution in [1.29, 1.82) is 0 Å². The molecule has 1 amide bonds. The second-order valence-electron chi connectivity index (χ2n) is 3.62. The zero-order chi connectivity index (χ0) is 10.7. The highest BCUT2D eigenvalue weighted by Crippen LogP contribution is 2.17. The van der Waals surface area contributed by atoms with Crippen LogP contribution in [0.5, 0.6) is 0 Å². The van der Waals surface area contributed by atoms with E-state index in [0.717, 1.165) is 19.4 Å². The predicted molar refractivity (Wildman–Crippen MR) is 55.1 cm³/mol. The number of rotatable bonds is 2. The summed E-state index contributed by atoms with van der Waals surface area (Å²) in [5, 5.41) is 0. The first kappa shape index (κ1) is 10.0. The van der Waals surface area contributed by atoms with Gasteiger partial charge < -0.3 is 10.6 Å². The van der Waals surface area contributed by atoms with Gasteiger partial charge in [-0.2, -0.15) is 0 Å². The molecule has 0 bridgehead atoms. The molecule has 2 rings (SSSR count). The Balaban J connectivity index is 2.14. The lowest BCUT2D eigenvalue weighted by Gasteiger charge is -2.22. The van der Waals surface area contributed by atoms with Crippen molar-refractivity contribution in [3.05, 3.63) is 24.3 Å². The summed E-state index contributed by atoms with van der Waals surface area (Å²) in [4.78, 5) is 21.7. The molecule has 1 fully saturated rings. The first-order valence-corrected chi connectivity index (χ1v) is 5.10. The average molecular weight is 206 g/mol. The number of carbonyl (C=O) groups is 1. The van der Waals surface area contributed by atoms with E-state index in [0.29, 0.717) is 12.2 Å². The van der Waals surface area contributed by atoms with Crippen LogP contribution in [0, 0.1) is 0 Å². The molecule has 1 atom stereocenters. The van der Waals surface area contributed by atoms with Crippen molar-refractivity contribution in [1.82, 2.24) is 14.9 Å². The monoisotopic (exact) mass is 206 g/mol. The molecule has 0 saturated carbocycles. The number of hydrogen-bond donors (Lipinski definition) is 1. The van der Waals surface area contributed by atoms with Gasteiger partial charge in [0.1, 0.15) is 5.69 Å². The number of hydrogen-bond acceptors (Lipinski definition) is 4. The first-order valence-electron chi connectivity index (χ1n) is 5.10. The standard InChI is InChI=1S/C10H14N4O/c11-6-8-2-1-5-14(8)10(15)9-7-12-3-4-13-9/h3-4,7-8H,1-2,5-6,11H2/t8-/m0/s1. The number of nitrogens with two attached hydrogens (primary N) is 1. The zero-order valence-corrected chi connectivity index (χ0v) is 8.47. The molecule has 0 aliphatic carbocycles. The fourth-order valence-corrected chi connectivity index (χ4v) is 1.90. The third-order valence-corrected chi connectivity index (χ3v) is 2.69. The van der Waals surface area contributed by atoms with Gasteiger partial charge in [-0.15, -0.1) is 0 Å². The van der Waals surface area contributed by atoms with Gasteiger partial charge in [-0.1, -0.05) is 0 Å². The number of carbonyl (C=O) groups excluding carboxylic acids is 1. The van der Waals surface area contributed by atoms with E-state index in [9.17, 15) is 4.79 Å². The third kappa shape index (κ3) is 1.97. The van der Waals surface area contributed by atoms with E-state index >= 15 is 0 Å². The predicted octanol–water partition coefficient (Wildman–Crippen LogP) is 0.0399. The van der Waals surface area contributed by atoms with Gasteiger partial charge in [0.15, 0.2) is 0 Å². The van der Waals surface area contributed by atoms with Crippen molar-refractivity contribution >= 4 is 5.91 Å². The van der Waals surface area contributed by atoms with Gasteiger partial charge in [-0.05, 0) is 12.8 Å². The van der Waals surface area contributed by atoms with Gasteiger partial charge in [0.05, 0.1) is 6.20 Å². The van der Waals surface area contributed by atoms with Crippen LogP contribution in [0.2, 0.25) is 0 Å². The SMILES string of the molecule is NC[C@@H]1CCCN1C(=O)c1cnccn1. The molecule has 5 nitrogen and oxygen atoms in total. The van der Waals surface area contributed by atoms with Gasteiger partial charge in [-0.3, -0.25) is 9.78 Å². The van der Waals surface area contributed by atoms with Crippen LogP contribution in [0.1, 0.15) is 23.3 Å². The Hall–Kier alpha value is -1.49. The van der Waals surface area contributed by atoms with E-state index in [1.807, 2.05) is 0 Å². The smallest absolute Gasteiger partial charge is 0.274 e. The Labute approximate surface area is 88.3 Å². The summed E-state index contributed by atoms with van der Waals surface area (Å²) in [5.74, 6) is -0.0592. The summed E-state index contributed by atoms with van der Waals surface area (Å²) < 4.78 is 0. The molecule has 80 valence electrons. The minimum absolute atomic E-state index is 0.0592. The topological polar surface area (TPSA) is 72.1 Å². The van der Waals surface area contributed by atoms with Crippen LogP contribution >= 0.6 is 0 Å². The zero-order valence-electron chi connectivity index (χ0n) is 8.47. The Morgan fingerprint density at radius 1 is 1.60 bits per heavy atom. The summed E-state index contributed by atoms with van der Waals surface area (Å²) in [5.41, 5.74) is 6.01. The van der Waals surface area contributed by atoms with Gasteiger partial charge in [0.2, 0.25) is 0 Å². The average Bonchev–Trinajstić information content (AvgIpc) is 2.77. The Kier molecular flexibility index (Phi) is 2.91. The van der Waals surface area contributed by atoms with E-state index < -0.39 is 0 Å². The van der Waals surface area contributed by atoms with Crippen molar-refractivity contribution in [3.63, 3.8) is 0 Å². The summed E-state index contributed by atoms with van der Waals surface area (Å²) in [6.45, 7) is 1.29. The molecular weight excluding hydrogens is 192 g/mol. The van der Waals surface area contributed by atoms with Crippen molar-refractivity contribution in [2.75, 3.05) is 13.1 Å². The second-order valence-corrected chi connectivity index (χ2v) is 3.62. The molecular formula is C10H14N4O. The molecule has 0 spiro atoms. The van der Waals surface area contributed by atoms with Crippen LogP contribution in [0.25, 0.3) is 0 Å². The van der Waals surface area contributed by atoms with Crippen LogP contribution in [0.15, 0.2) is 18.6 Å². The van der Waals surface area contributed by atoms with Crippen LogP contribution in [0.3, 0.4) is 0 Å². The lowest BCUT2D eigenvalue weighted by molar-refractivity contribution is 0.0735. The van der Waals surface area contributed by atoms with Crippen LogP contribution in [-0.2, 0) is 0 Å². The highest BCUT2D eigenvalue weighted by atomic mass is 16.2. The lowest BCUT2D eigenvalue weighted by Crippen LogP contribution is -2.40. The molecule has 1 aromatic heterocycles. The van der Waals surface area contributed by atoms with E-state index in [1.54, 1.807) is 11.1 Å². The summed E-state index contributed by atoms with van der Waals surface area (Å²) in [6, 6.07) is 0.166. The van der Waals surface area contributed by atoms with Gasteiger partial charge in [0.25, 0.3) is 5.91 Å². The number of amides is 1. The van der Waals surface area contributed by atoms with E-state index in [2.05, 4.69) is 9.97 Å². The molecule has 1 saturated heterocycles. The summed E-state index contributed by atoms with van der Waals surface area (Å²) >= 11 is 0. The maximum Gasteiger partial charge on any atom is 0.274 e. The molecule has 2 heterocycles. The highest BCUT2D eigenvalue weighted by molar-refractivity contribution is 5.92. The number of likely N-dealkylation sites (tertiary alicyclic amines) is 1. The molecule has 1 aliphatic heterocycles. The quantitative estimate of drug-likeness (QED) is 0.741. The molecule has 15 heavy (non-hydrogen) atoms. The van der Waals surface area contributed by atoms with E-state index in [1.165, 1.54) is 12.4 Å². The molecule has 0 radical (unpaired) electrons. The normalized spacial score (nSPS) is 20.6. The fraction of sp³-hybridized carbons (Fsp3) is 0.500. The Morgan fingerprint density at radius 3 is 3.13 bits per heavy atom. The van der Waals surface area contributed by atoms with Crippen LogP contribution in [-0.4, -0.2) is 39.9 Å². The van der Waals surface area contributed by atoms with Gasteiger partial charge in [-0.25, -0.2) is 4.98 Å². The Morgan fingerprint density at radius 2 is 2.47 bits per heavy atom. The number of nitrogens with zero attached hydrogens (tertiary/aromatic N) is 3. The van der Waals surface area contributed by atoms with E-state index in [4.69, 9.17) is 5.73 Å². The summed E-state index contributed by atoms with van der Waals surface area (Å²) in [7, 11) is 0. The molecule has 5 heteroatoms. The fourth-order valence-electron chi connectivity index (χ4n) is 1.90. The van der Waals surface area contributed by atoms with Crippen molar-refractivity contribution in [2.24, 2.45) is 5.73 Å².